The highest BCUT2D eigenvalue weighted by atomic mass is 16.5. The van der Waals surface area contributed by atoms with Crippen LogP contribution in [0.3, 0.4) is 0 Å². The second kappa shape index (κ2) is 5.35. The summed E-state index contributed by atoms with van der Waals surface area (Å²) in [7, 11) is 1.72. The number of benzene rings is 1. The average molecular weight is 219 g/mol. The first-order valence-corrected chi connectivity index (χ1v) is 6.19. The Hall–Kier alpha value is -1.02. The Labute approximate surface area is 98.0 Å². The van der Waals surface area contributed by atoms with E-state index < -0.39 is 0 Å². The van der Waals surface area contributed by atoms with Gasteiger partial charge < -0.3 is 10.1 Å². The van der Waals surface area contributed by atoms with Crippen molar-refractivity contribution in [3.8, 4) is 5.75 Å². The molecule has 1 saturated carbocycles. The molecule has 0 spiro atoms. The first-order valence-electron chi connectivity index (χ1n) is 6.19. The molecule has 16 heavy (non-hydrogen) atoms. The highest BCUT2D eigenvalue weighted by Crippen LogP contribution is 2.34. The fourth-order valence-electron chi connectivity index (χ4n) is 2.22. The van der Waals surface area contributed by atoms with Crippen LogP contribution in [0, 0.1) is 5.92 Å². The molecule has 2 nitrogen and oxygen atoms in total. The number of nitrogens with one attached hydrogen (secondary N) is 1. The van der Waals surface area contributed by atoms with E-state index in [1.807, 2.05) is 6.07 Å². The van der Waals surface area contributed by atoms with Crippen molar-refractivity contribution >= 4 is 0 Å². The molecule has 88 valence electrons. The molecular formula is C14H21NO. The third-order valence-corrected chi connectivity index (χ3v) is 3.25. The monoisotopic (exact) mass is 219 g/mol. The Bertz CT molecular complexity index is 333. The molecule has 0 heterocycles. The molecule has 1 fully saturated rings. The summed E-state index contributed by atoms with van der Waals surface area (Å²) in [4.78, 5) is 0. The van der Waals surface area contributed by atoms with Crippen molar-refractivity contribution < 1.29 is 4.74 Å². The van der Waals surface area contributed by atoms with Crippen LogP contribution >= 0.6 is 0 Å². The molecule has 1 unspecified atom stereocenters. The molecular weight excluding hydrogens is 198 g/mol. The number of hydrogen-bond donors (Lipinski definition) is 1. The maximum Gasteiger partial charge on any atom is 0.119 e. The number of hydrogen-bond acceptors (Lipinski definition) is 2. The van der Waals surface area contributed by atoms with E-state index >= 15 is 0 Å². The molecule has 1 aliphatic rings. The lowest BCUT2D eigenvalue weighted by atomic mass is 10.0. The Morgan fingerprint density at radius 1 is 1.44 bits per heavy atom. The lowest BCUT2D eigenvalue weighted by Crippen LogP contribution is -2.32. The van der Waals surface area contributed by atoms with Crippen LogP contribution < -0.4 is 10.1 Å². The lowest BCUT2D eigenvalue weighted by Gasteiger charge is -2.17. The largest absolute Gasteiger partial charge is 0.497 e. The number of rotatable bonds is 6. The van der Waals surface area contributed by atoms with E-state index in [1.165, 1.54) is 18.4 Å². The van der Waals surface area contributed by atoms with Gasteiger partial charge in [-0.3, -0.25) is 0 Å². The van der Waals surface area contributed by atoms with Crippen LogP contribution in [0.1, 0.15) is 25.3 Å². The van der Waals surface area contributed by atoms with Crippen LogP contribution in [0.15, 0.2) is 24.3 Å². The second-order valence-corrected chi connectivity index (χ2v) is 4.56. The van der Waals surface area contributed by atoms with Crippen molar-refractivity contribution in [1.82, 2.24) is 5.32 Å². The van der Waals surface area contributed by atoms with Crippen molar-refractivity contribution in [3.05, 3.63) is 29.8 Å². The quantitative estimate of drug-likeness (QED) is 0.794. The summed E-state index contributed by atoms with van der Waals surface area (Å²) in [5.41, 5.74) is 1.37. The molecule has 0 bridgehead atoms. The molecule has 1 atom stereocenters. The van der Waals surface area contributed by atoms with E-state index in [2.05, 4.69) is 30.4 Å². The highest BCUT2D eigenvalue weighted by Gasteiger charge is 2.30. The van der Waals surface area contributed by atoms with Gasteiger partial charge in [-0.15, -0.1) is 0 Å². The van der Waals surface area contributed by atoms with E-state index in [4.69, 9.17) is 4.74 Å². The molecule has 0 amide bonds. The van der Waals surface area contributed by atoms with Gasteiger partial charge >= 0.3 is 0 Å². The van der Waals surface area contributed by atoms with Gasteiger partial charge in [-0.25, -0.2) is 0 Å². The zero-order valence-electron chi connectivity index (χ0n) is 10.2. The maximum absolute atomic E-state index is 5.25. The van der Waals surface area contributed by atoms with Crippen LogP contribution in [0.4, 0.5) is 0 Å². The maximum atomic E-state index is 5.25. The molecule has 1 aliphatic carbocycles. The number of likely N-dealkylation sites (N-methyl/N-ethyl adjacent to an activating group) is 1. The van der Waals surface area contributed by atoms with Gasteiger partial charge in [0.25, 0.3) is 0 Å². The number of methoxy groups -OCH3 is 1. The molecule has 1 N–H and O–H groups in total. The highest BCUT2D eigenvalue weighted by molar-refractivity contribution is 5.29. The van der Waals surface area contributed by atoms with Crippen LogP contribution in [0.25, 0.3) is 0 Å². The zero-order chi connectivity index (χ0) is 11.4. The minimum Gasteiger partial charge on any atom is -0.497 e. The summed E-state index contributed by atoms with van der Waals surface area (Å²) in [5, 5.41) is 3.59. The van der Waals surface area contributed by atoms with Gasteiger partial charge in [0.05, 0.1) is 7.11 Å². The predicted molar refractivity (Wildman–Crippen MR) is 66.9 cm³/mol. The molecule has 0 aromatic heterocycles. The normalized spacial score (nSPS) is 17.1. The summed E-state index contributed by atoms with van der Waals surface area (Å²) in [6.07, 6.45) is 3.90. The van der Waals surface area contributed by atoms with Gasteiger partial charge in [0.1, 0.15) is 5.75 Å². The van der Waals surface area contributed by atoms with Crippen molar-refractivity contribution in [2.75, 3.05) is 13.7 Å². The fourth-order valence-corrected chi connectivity index (χ4v) is 2.22. The standard InChI is InChI=1S/C14H21NO/c1-3-15-14(12-7-8-12)10-11-5-4-6-13(9-11)16-2/h4-6,9,12,14-15H,3,7-8,10H2,1-2H3. The molecule has 2 rings (SSSR count). The number of ether oxygens (including phenoxy) is 1. The van der Waals surface area contributed by atoms with E-state index in [-0.39, 0.29) is 0 Å². The van der Waals surface area contributed by atoms with Crippen molar-refractivity contribution in [1.29, 1.82) is 0 Å². The van der Waals surface area contributed by atoms with Crippen molar-refractivity contribution in [2.45, 2.75) is 32.2 Å². The fraction of sp³-hybridized carbons (Fsp3) is 0.571. The minimum atomic E-state index is 0.650. The van der Waals surface area contributed by atoms with Crippen LogP contribution in [-0.4, -0.2) is 19.7 Å². The van der Waals surface area contributed by atoms with Gasteiger partial charge in [-0.2, -0.15) is 0 Å². The Morgan fingerprint density at radius 2 is 2.25 bits per heavy atom. The molecule has 0 radical (unpaired) electrons. The Morgan fingerprint density at radius 3 is 2.88 bits per heavy atom. The smallest absolute Gasteiger partial charge is 0.119 e. The third-order valence-electron chi connectivity index (χ3n) is 3.25. The Kier molecular flexibility index (Phi) is 3.83. The topological polar surface area (TPSA) is 21.3 Å². The van der Waals surface area contributed by atoms with Crippen molar-refractivity contribution in [3.63, 3.8) is 0 Å². The molecule has 0 saturated heterocycles. The van der Waals surface area contributed by atoms with Crippen LogP contribution in [0.2, 0.25) is 0 Å². The molecule has 2 heteroatoms. The minimum absolute atomic E-state index is 0.650. The summed E-state index contributed by atoms with van der Waals surface area (Å²) < 4.78 is 5.25. The third kappa shape index (κ3) is 2.99. The molecule has 1 aromatic rings. The van der Waals surface area contributed by atoms with Crippen molar-refractivity contribution in [2.24, 2.45) is 5.92 Å². The summed E-state index contributed by atoms with van der Waals surface area (Å²) in [6.45, 7) is 3.24. The van der Waals surface area contributed by atoms with Gasteiger partial charge in [0.2, 0.25) is 0 Å². The lowest BCUT2D eigenvalue weighted by molar-refractivity contribution is 0.413. The van der Waals surface area contributed by atoms with E-state index in [0.29, 0.717) is 6.04 Å². The average Bonchev–Trinajstić information content (AvgIpc) is 3.13. The second-order valence-electron chi connectivity index (χ2n) is 4.56. The van der Waals surface area contributed by atoms with Gasteiger partial charge in [-0.05, 0) is 49.4 Å². The first-order chi connectivity index (χ1) is 7.83. The molecule has 1 aromatic carbocycles. The summed E-state index contributed by atoms with van der Waals surface area (Å²) in [6, 6.07) is 9.06. The Balaban J connectivity index is 1.99. The van der Waals surface area contributed by atoms with Gasteiger partial charge in [-0.1, -0.05) is 19.1 Å². The summed E-state index contributed by atoms with van der Waals surface area (Å²) >= 11 is 0. The van der Waals surface area contributed by atoms with Crippen LogP contribution in [-0.2, 0) is 6.42 Å². The first kappa shape index (κ1) is 11.5. The van der Waals surface area contributed by atoms with Gasteiger partial charge in [0.15, 0.2) is 0 Å². The van der Waals surface area contributed by atoms with E-state index in [1.54, 1.807) is 7.11 Å². The summed E-state index contributed by atoms with van der Waals surface area (Å²) in [5.74, 6) is 1.86. The van der Waals surface area contributed by atoms with E-state index in [0.717, 1.165) is 24.6 Å². The SMILES string of the molecule is CCNC(Cc1cccc(OC)c1)C1CC1. The predicted octanol–water partition coefficient (Wildman–Crippen LogP) is 2.63. The zero-order valence-corrected chi connectivity index (χ0v) is 10.2. The van der Waals surface area contributed by atoms with Crippen LogP contribution in [0.5, 0.6) is 5.75 Å². The van der Waals surface area contributed by atoms with E-state index in [9.17, 15) is 0 Å². The molecule has 0 aliphatic heterocycles. The van der Waals surface area contributed by atoms with Gasteiger partial charge in [0, 0.05) is 6.04 Å².